The van der Waals surface area contributed by atoms with Crippen LogP contribution in [0.3, 0.4) is 0 Å². The van der Waals surface area contributed by atoms with Crippen LogP contribution < -0.4 is 11.1 Å². The van der Waals surface area contributed by atoms with Crippen molar-refractivity contribution in [2.45, 2.75) is 52.2 Å². The fourth-order valence-electron chi connectivity index (χ4n) is 2.37. The van der Waals surface area contributed by atoms with Crippen LogP contribution in [0, 0.1) is 5.92 Å². The molecule has 1 aliphatic heterocycles. The minimum absolute atomic E-state index is 0.178. The number of nitrogens with one attached hydrogen (secondary N) is 1. The van der Waals surface area contributed by atoms with Crippen molar-refractivity contribution in [2.75, 3.05) is 13.1 Å². The second kappa shape index (κ2) is 5.64. The molecule has 0 aromatic heterocycles. The van der Waals surface area contributed by atoms with E-state index in [1.807, 2.05) is 6.92 Å². The van der Waals surface area contributed by atoms with Crippen LogP contribution in [0.1, 0.15) is 34.1 Å². The molecule has 0 aromatic rings. The van der Waals surface area contributed by atoms with E-state index in [1.165, 1.54) is 0 Å². The Balaban J connectivity index is 2.40. The topological polar surface area (TPSA) is 58.4 Å². The Kier molecular flexibility index (Phi) is 4.74. The molecule has 1 fully saturated rings. The SMILES string of the molecule is CC(CC(N)=O)NC1CN(C(C)C)CC1C. The Morgan fingerprint density at radius 2 is 2.06 bits per heavy atom. The molecular weight excluding hydrogens is 202 g/mol. The number of nitrogens with two attached hydrogens (primary N) is 1. The molecule has 4 nitrogen and oxygen atoms in total. The van der Waals surface area contributed by atoms with E-state index in [1.54, 1.807) is 0 Å². The minimum Gasteiger partial charge on any atom is -0.370 e. The van der Waals surface area contributed by atoms with Gasteiger partial charge >= 0.3 is 0 Å². The van der Waals surface area contributed by atoms with Crippen molar-refractivity contribution < 1.29 is 4.79 Å². The third kappa shape index (κ3) is 3.76. The third-order valence-electron chi connectivity index (χ3n) is 3.38. The van der Waals surface area contributed by atoms with Gasteiger partial charge in [0.1, 0.15) is 0 Å². The van der Waals surface area contributed by atoms with Crippen molar-refractivity contribution in [2.24, 2.45) is 11.7 Å². The fourth-order valence-corrected chi connectivity index (χ4v) is 2.37. The number of carbonyl (C=O) groups excluding carboxylic acids is 1. The van der Waals surface area contributed by atoms with Gasteiger partial charge < -0.3 is 11.1 Å². The van der Waals surface area contributed by atoms with Gasteiger partial charge in [-0.3, -0.25) is 9.69 Å². The van der Waals surface area contributed by atoms with Crippen LogP contribution >= 0.6 is 0 Å². The Bertz CT molecular complexity index is 242. The summed E-state index contributed by atoms with van der Waals surface area (Å²) < 4.78 is 0. The van der Waals surface area contributed by atoms with E-state index in [-0.39, 0.29) is 11.9 Å². The maximum Gasteiger partial charge on any atom is 0.218 e. The average Bonchev–Trinajstić information content (AvgIpc) is 2.46. The van der Waals surface area contributed by atoms with Crippen molar-refractivity contribution in [3.05, 3.63) is 0 Å². The first-order valence-corrected chi connectivity index (χ1v) is 6.18. The van der Waals surface area contributed by atoms with Crippen LogP contribution in [-0.2, 0) is 4.79 Å². The molecule has 1 aliphatic rings. The molecule has 16 heavy (non-hydrogen) atoms. The molecule has 4 heteroatoms. The second-order valence-corrected chi connectivity index (χ2v) is 5.37. The zero-order chi connectivity index (χ0) is 12.3. The van der Waals surface area contributed by atoms with Crippen molar-refractivity contribution >= 4 is 5.91 Å². The summed E-state index contributed by atoms with van der Waals surface area (Å²) in [6.07, 6.45) is 0.422. The fraction of sp³-hybridized carbons (Fsp3) is 0.917. The largest absolute Gasteiger partial charge is 0.370 e. The monoisotopic (exact) mass is 227 g/mol. The summed E-state index contributed by atoms with van der Waals surface area (Å²) in [5.41, 5.74) is 5.19. The van der Waals surface area contributed by atoms with Gasteiger partial charge in [-0.25, -0.2) is 0 Å². The van der Waals surface area contributed by atoms with Crippen LogP contribution in [-0.4, -0.2) is 42.0 Å². The molecule has 1 amide bonds. The lowest BCUT2D eigenvalue weighted by Gasteiger charge is -2.22. The van der Waals surface area contributed by atoms with E-state index in [2.05, 4.69) is 31.0 Å². The number of rotatable bonds is 5. The summed E-state index contributed by atoms with van der Waals surface area (Å²) in [4.78, 5) is 13.3. The first kappa shape index (κ1) is 13.5. The van der Waals surface area contributed by atoms with E-state index < -0.39 is 0 Å². The van der Waals surface area contributed by atoms with E-state index in [4.69, 9.17) is 5.73 Å². The number of nitrogens with zero attached hydrogens (tertiary/aromatic N) is 1. The third-order valence-corrected chi connectivity index (χ3v) is 3.38. The summed E-state index contributed by atoms with van der Waals surface area (Å²) in [6, 6.07) is 1.26. The number of hydrogen-bond donors (Lipinski definition) is 2. The minimum atomic E-state index is -0.230. The standard InChI is InChI=1S/C12H25N3O/c1-8(2)15-6-9(3)11(7-15)14-10(4)5-12(13)16/h8-11,14H,5-7H2,1-4H3,(H2,13,16). The lowest BCUT2D eigenvalue weighted by molar-refractivity contribution is -0.118. The highest BCUT2D eigenvalue weighted by molar-refractivity contribution is 5.74. The van der Waals surface area contributed by atoms with Crippen LogP contribution in [0.5, 0.6) is 0 Å². The molecule has 1 heterocycles. The number of amides is 1. The summed E-state index contributed by atoms with van der Waals surface area (Å²) in [6.45, 7) is 10.9. The van der Waals surface area contributed by atoms with Gasteiger partial charge in [-0.15, -0.1) is 0 Å². The van der Waals surface area contributed by atoms with E-state index >= 15 is 0 Å². The van der Waals surface area contributed by atoms with Gasteiger partial charge in [-0.2, -0.15) is 0 Å². The molecular formula is C12H25N3O. The van der Waals surface area contributed by atoms with Crippen LogP contribution in [0.4, 0.5) is 0 Å². The zero-order valence-electron chi connectivity index (χ0n) is 10.9. The lowest BCUT2D eigenvalue weighted by Crippen LogP contribution is -2.43. The van der Waals surface area contributed by atoms with Gasteiger partial charge in [0.2, 0.25) is 5.91 Å². The van der Waals surface area contributed by atoms with E-state index in [0.717, 1.165) is 13.1 Å². The first-order chi connectivity index (χ1) is 7.40. The summed E-state index contributed by atoms with van der Waals surface area (Å²) in [5.74, 6) is 0.407. The molecule has 94 valence electrons. The predicted molar refractivity (Wildman–Crippen MR) is 66.1 cm³/mol. The van der Waals surface area contributed by atoms with Gasteiger partial charge in [-0.1, -0.05) is 6.92 Å². The summed E-state index contributed by atoms with van der Waals surface area (Å²) >= 11 is 0. The molecule has 0 saturated carbocycles. The molecule has 3 atom stereocenters. The average molecular weight is 227 g/mol. The maximum atomic E-state index is 10.8. The van der Waals surface area contributed by atoms with Crippen LogP contribution in [0.2, 0.25) is 0 Å². The number of carbonyl (C=O) groups is 1. The second-order valence-electron chi connectivity index (χ2n) is 5.37. The van der Waals surface area contributed by atoms with Gasteiger partial charge in [0.15, 0.2) is 0 Å². The Morgan fingerprint density at radius 1 is 1.44 bits per heavy atom. The summed E-state index contributed by atoms with van der Waals surface area (Å²) in [7, 11) is 0. The highest BCUT2D eigenvalue weighted by Crippen LogP contribution is 2.19. The molecule has 0 spiro atoms. The van der Waals surface area contributed by atoms with Crippen molar-refractivity contribution in [3.63, 3.8) is 0 Å². The van der Waals surface area contributed by atoms with Gasteiger partial charge in [-0.05, 0) is 26.7 Å². The number of primary amides is 1. The molecule has 0 bridgehead atoms. The van der Waals surface area contributed by atoms with Gasteiger partial charge in [0.25, 0.3) is 0 Å². The normalized spacial score (nSPS) is 28.6. The van der Waals surface area contributed by atoms with Crippen molar-refractivity contribution in [3.8, 4) is 0 Å². The molecule has 3 unspecified atom stereocenters. The first-order valence-electron chi connectivity index (χ1n) is 6.18. The smallest absolute Gasteiger partial charge is 0.218 e. The van der Waals surface area contributed by atoms with Crippen molar-refractivity contribution in [1.29, 1.82) is 0 Å². The Hall–Kier alpha value is -0.610. The molecule has 3 N–H and O–H groups in total. The van der Waals surface area contributed by atoms with Crippen LogP contribution in [0.25, 0.3) is 0 Å². The number of likely N-dealkylation sites (tertiary alicyclic amines) is 1. The highest BCUT2D eigenvalue weighted by atomic mass is 16.1. The molecule has 0 radical (unpaired) electrons. The lowest BCUT2D eigenvalue weighted by atomic mass is 10.0. The Labute approximate surface area is 98.6 Å². The highest BCUT2D eigenvalue weighted by Gasteiger charge is 2.31. The summed E-state index contributed by atoms with van der Waals surface area (Å²) in [5, 5.41) is 3.50. The van der Waals surface area contributed by atoms with E-state index in [0.29, 0.717) is 24.4 Å². The molecule has 1 rings (SSSR count). The van der Waals surface area contributed by atoms with Crippen LogP contribution in [0.15, 0.2) is 0 Å². The van der Waals surface area contributed by atoms with Gasteiger partial charge in [0.05, 0.1) is 0 Å². The van der Waals surface area contributed by atoms with Gasteiger partial charge in [0, 0.05) is 37.6 Å². The Morgan fingerprint density at radius 3 is 2.50 bits per heavy atom. The molecule has 1 saturated heterocycles. The van der Waals surface area contributed by atoms with Crippen molar-refractivity contribution in [1.82, 2.24) is 10.2 Å². The molecule has 0 aromatic carbocycles. The number of hydrogen-bond acceptors (Lipinski definition) is 3. The van der Waals surface area contributed by atoms with E-state index in [9.17, 15) is 4.79 Å². The maximum absolute atomic E-state index is 10.8. The quantitative estimate of drug-likeness (QED) is 0.722. The zero-order valence-corrected chi connectivity index (χ0v) is 10.9. The predicted octanol–water partition coefficient (Wildman–Crippen LogP) is 0.569. The molecule has 0 aliphatic carbocycles.